The summed E-state index contributed by atoms with van der Waals surface area (Å²) in [6.07, 6.45) is 0.737. The maximum atomic E-state index is 11.6. The summed E-state index contributed by atoms with van der Waals surface area (Å²) in [5.74, 6) is -2.08. The lowest BCUT2D eigenvalue weighted by molar-refractivity contribution is -0.232. The van der Waals surface area contributed by atoms with Gasteiger partial charge in [-0.15, -0.1) is 0 Å². The number of carbonyl (C=O) groups excluding carboxylic acids is 2. The number of esters is 2. The summed E-state index contributed by atoms with van der Waals surface area (Å²) in [4.78, 5) is 22.7. The zero-order valence-corrected chi connectivity index (χ0v) is 11.4. The zero-order chi connectivity index (χ0) is 14.3. The summed E-state index contributed by atoms with van der Waals surface area (Å²) >= 11 is 0. The van der Waals surface area contributed by atoms with Crippen LogP contribution in [-0.4, -0.2) is 44.2 Å². The molecule has 0 aliphatic carbocycles. The van der Waals surface area contributed by atoms with Crippen molar-refractivity contribution < 1.29 is 28.5 Å². The molecule has 0 spiro atoms. The summed E-state index contributed by atoms with van der Waals surface area (Å²) < 4.78 is 20.7. The Morgan fingerprint density at radius 2 is 2.11 bits per heavy atom. The van der Waals surface area contributed by atoms with Gasteiger partial charge in [-0.1, -0.05) is 6.58 Å². The smallest absolute Gasteiger partial charge is 0.333 e. The molecule has 1 saturated heterocycles. The van der Waals surface area contributed by atoms with E-state index >= 15 is 0 Å². The van der Waals surface area contributed by atoms with Crippen molar-refractivity contribution in [2.45, 2.75) is 32.5 Å². The fourth-order valence-electron chi connectivity index (χ4n) is 1.45. The molecule has 19 heavy (non-hydrogen) atoms. The largest absolute Gasteiger partial charge is 0.462 e. The standard InChI is InChI=1S/C13H20O6/c1-10(2)12(15)17-8-5-11(14)19-13(3)9-16-6-4-7-18-13/h1,4-9H2,2-3H3. The average Bonchev–Trinajstić information content (AvgIpc) is 2.53. The first-order valence-corrected chi connectivity index (χ1v) is 6.19. The number of ether oxygens (including phenoxy) is 4. The Bertz CT molecular complexity index is 341. The van der Waals surface area contributed by atoms with Crippen molar-refractivity contribution >= 4 is 11.9 Å². The molecule has 0 amide bonds. The van der Waals surface area contributed by atoms with Crippen molar-refractivity contribution in [3.63, 3.8) is 0 Å². The summed E-state index contributed by atoms with van der Waals surface area (Å²) in [6.45, 7) is 7.86. The highest BCUT2D eigenvalue weighted by atomic mass is 16.7. The fourth-order valence-corrected chi connectivity index (χ4v) is 1.45. The molecular weight excluding hydrogens is 252 g/mol. The first-order chi connectivity index (χ1) is 8.93. The minimum atomic E-state index is -1.06. The second kappa shape index (κ2) is 7.25. The highest BCUT2D eigenvalue weighted by Gasteiger charge is 2.31. The van der Waals surface area contributed by atoms with Gasteiger partial charge in [-0.3, -0.25) is 4.79 Å². The zero-order valence-electron chi connectivity index (χ0n) is 11.4. The highest BCUT2D eigenvalue weighted by molar-refractivity contribution is 5.87. The molecule has 0 radical (unpaired) electrons. The van der Waals surface area contributed by atoms with Gasteiger partial charge in [-0.05, 0) is 13.3 Å². The number of rotatable bonds is 5. The SMILES string of the molecule is C=C(C)C(=O)OCCC(=O)OC1(C)COCCCO1. The molecule has 0 aromatic carbocycles. The third-order valence-electron chi connectivity index (χ3n) is 2.42. The third kappa shape index (κ3) is 5.85. The fraction of sp³-hybridized carbons (Fsp3) is 0.692. The summed E-state index contributed by atoms with van der Waals surface area (Å²) in [5, 5.41) is 0. The van der Waals surface area contributed by atoms with Crippen LogP contribution in [0.2, 0.25) is 0 Å². The molecule has 1 atom stereocenters. The second-order valence-electron chi connectivity index (χ2n) is 4.53. The van der Waals surface area contributed by atoms with Gasteiger partial charge in [0.1, 0.15) is 13.2 Å². The van der Waals surface area contributed by atoms with E-state index in [0.717, 1.165) is 6.42 Å². The Kier molecular flexibility index (Phi) is 5.98. The van der Waals surface area contributed by atoms with Crippen molar-refractivity contribution in [2.24, 2.45) is 0 Å². The maximum absolute atomic E-state index is 11.6. The van der Waals surface area contributed by atoms with E-state index in [-0.39, 0.29) is 19.6 Å². The Labute approximate surface area is 112 Å². The van der Waals surface area contributed by atoms with Crippen molar-refractivity contribution in [3.05, 3.63) is 12.2 Å². The Balaban J connectivity index is 2.30. The van der Waals surface area contributed by atoms with E-state index in [9.17, 15) is 9.59 Å². The Morgan fingerprint density at radius 3 is 2.79 bits per heavy atom. The Hall–Kier alpha value is -1.40. The molecule has 1 rings (SSSR count). The molecule has 108 valence electrons. The van der Waals surface area contributed by atoms with Gasteiger partial charge in [-0.25, -0.2) is 4.79 Å². The van der Waals surface area contributed by atoms with Crippen molar-refractivity contribution in [3.8, 4) is 0 Å². The highest BCUT2D eigenvalue weighted by Crippen LogP contribution is 2.17. The second-order valence-corrected chi connectivity index (χ2v) is 4.53. The van der Waals surface area contributed by atoms with E-state index < -0.39 is 17.7 Å². The molecule has 1 heterocycles. The van der Waals surface area contributed by atoms with Crippen LogP contribution in [0.4, 0.5) is 0 Å². The van der Waals surface area contributed by atoms with Crippen molar-refractivity contribution in [2.75, 3.05) is 26.4 Å². The monoisotopic (exact) mass is 272 g/mol. The van der Waals surface area contributed by atoms with E-state index in [0.29, 0.717) is 18.8 Å². The molecule has 0 aromatic heterocycles. The van der Waals surface area contributed by atoms with E-state index in [1.165, 1.54) is 0 Å². The maximum Gasteiger partial charge on any atom is 0.333 e. The average molecular weight is 272 g/mol. The lowest BCUT2D eigenvalue weighted by Gasteiger charge is -2.27. The quantitative estimate of drug-likeness (QED) is 0.553. The molecular formula is C13H20O6. The van der Waals surface area contributed by atoms with Crippen molar-refractivity contribution in [1.29, 1.82) is 0 Å². The molecule has 0 bridgehead atoms. The Morgan fingerprint density at radius 1 is 1.37 bits per heavy atom. The topological polar surface area (TPSA) is 71.1 Å². The van der Waals surface area contributed by atoms with Crippen LogP contribution < -0.4 is 0 Å². The number of hydrogen-bond acceptors (Lipinski definition) is 6. The predicted octanol–water partition coefficient (Wildman–Crippen LogP) is 1.19. The summed E-state index contributed by atoms with van der Waals surface area (Å²) in [7, 11) is 0. The minimum Gasteiger partial charge on any atom is -0.462 e. The molecule has 6 heteroatoms. The van der Waals surface area contributed by atoms with E-state index in [1.54, 1.807) is 13.8 Å². The lowest BCUT2D eigenvalue weighted by Crippen LogP contribution is -2.38. The van der Waals surface area contributed by atoms with Crippen LogP contribution in [0.1, 0.15) is 26.7 Å². The van der Waals surface area contributed by atoms with Gasteiger partial charge in [0.15, 0.2) is 0 Å². The first kappa shape index (κ1) is 15.7. The van der Waals surface area contributed by atoms with E-state index in [2.05, 4.69) is 6.58 Å². The number of hydrogen-bond donors (Lipinski definition) is 0. The van der Waals surface area contributed by atoms with Crippen LogP contribution in [0.25, 0.3) is 0 Å². The normalized spacial score (nSPS) is 23.3. The van der Waals surface area contributed by atoms with Gasteiger partial charge in [0.25, 0.3) is 0 Å². The van der Waals surface area contributed by atoms with Crippen LogP contribution in [0.15, 0.2) is 12.2 Å². The van der Waals surface area contributed by atoms with Crippen LogP contribution in [0, 0.1) is 0 Å². The molecule has 6 nitrogen and oxygen atoms in total. The van der Waals surface area contributed by atoms with E-state index in [1.807, 2.05) is 0 Å². The molecule has 0 saturated carbocycles. The van der Waals surface area contributed by atoms with Crippen LogP contribution >= 0.6 is 0 Å². The molecule has 0 aromatic rings. The molecule has 1 aliphatic heterocycles. The molecule has 1 unspecified atom stereocenters. The van der Waals surface area contributed by atoms with Gasteiger partial charge >= 0.3 is 11.9 Å². The molecule has 0 N–H and O–H groups in total. The number of carbonyl (C=O) groups is 2. The third-order valence-corrected chi connectivity index (χ3v) is 2.42. The summed E-state index contributed by atoms with van der Waals surface area (Å²) in [6, 6.07) is 0. The van der Waals surface area contributed by atoms with Gasteiger partial charge in [0, 0.05) is 19.1 Å². The van der Waals surface area contributed by atoms with Crippen molar-refractivity contribution in [1.82, 2.24) is 0 Å². The minimum absolute atomic E-state index is 0.0298. The molecule has 1 fully saturated rings. The van der Waals surface area contributed by atoms with E-state index in [4.69, 9.17) is 18.9 Å². The van der Waals surface area contributed by atoms with Crippen LogP contribution in [0.5, 0.6) is 0 Å². The van der Waals surface area contributed by atoms with Gasteiger partial charge < -0.3 is 18.9 Å². The van der Waals surface area contributed by atoms with Gasteiger partial charge in [0.05, 0.1) is 13.0 Å². The van der Waals surface area contributed by atoms with Gasteiger partial charge in [-0.2, -0.15) is 0 Å². The lowest BCUT2D eigenvalue weighted by atomic mass is 10.3. The first-order valence-electron chi connectivity index (χ1n) is 6.19. The summed E-state index contributed by atoms with van der Waals surface area (Å²) in [5.41, 5.74) is 0.292. The predicted molar refractivity (Wildman–Crippen MR) is 66.3 cm³/mol. The van der Waals surface area contributed by atoms with Crippen LogP contribution in [0.3, 0.4) is 0 Å². The van der Waals surface area contributed by atoms with Gasteiger partial charge in [0.2, 0.25) is 5.79 Å². The molecule has 1 aliphatic rings. The van der Waals surface area contributed by atoms with Crippen LogP contribution in [-0.2, 0) is 28.5 Å².